The van der Waals surface area contributed by atoms with Gasteiger partial charge in [-0.1, -0.05) is 0 Å². The monoisotopic (exact) mass is 228 g/mol. The number of aromatic nitrogens is 2. The Morgan fingerprint density at radius 3 is 2.80 bits per heavy atom. The van der Waals surface area contributed by atoms with Crippen LogP contribution in [0.15, 0.2) is 4.79 Å². The van der Waals surface area contributed by atoms with Crippen molar-refractivity contribution >= 4 is 16.1 Å². The number of aryl methyl sites for hydroxylation is 1. The van der Waals surface area contributed by atoms with Crippen molar-refractivity contribution in [1.29, 1.82) is 0 Å². The Bertz CT molecular complexity index is 573. The summed E-state index contributed by atoms with van der Waals surface area (Å²) in [6, 6.07) is 0. The smallest absolute Gasteiger partial charge is 0.255 e. The minimum Gasteiger partial charge on any atom is -0.304 e. The first-order valence-electron chi connectivity index (χ1n) is 4.29. The largest absolute Gasteiger partial charge is 0.304 e. The van der Waals surface area contributed by atoms with Gasteiger partial charge in [-0.15, -0.1) is 0 Å². The predicted octanol–water partition coefficient (Wildman–Crippen LogP) is -0.947. The third-order valence-corrected chi connectivity index (χ3v) is 3.80. The van der Waals surface area contributed by atoms with Crippen LogP contribution in [0.5, 0.6) is 0 Å². The number of aldehydes is 1. The molecule has 0 saturated carbocycles. The summed E-state index contributed by atoms with van der Waals surface area (Å²) in [5.41, 5.74) is 0.0351. The first-order valence-corrected chi connectivity index (χ1v) is 6.11. The third-order valence-electron chi connectivity index (χ3n) is 2.25. The van der Waals surface area contributed by atoms with Gasteiger partial charge in [-0.3, -0.25) is 9.59 Å². The number of fused-ring (bicyclic) bond motifs is 1. The summed E-state index contributed by atoms with van der Waals surface area (Å²) in [5.74, 6) is -0.364. The van der Waals surface area contributed by atoms with E-state index in [9.17, 15) is 18.0 Å². The molecular formula is C8H8N2O4S. The van der Waals surface area contributed by atoms with Crippen molar-refractivity contribution < 1.29 is 13.2 Å². The van der Waals surface area contributed by atoms with Gasteiger partial charge in [-0.05, 0) is 0 Å². The number of carbonyl (C=O) groups excluding carboxylic acids is 1. The number of aromatic amines is 1. The zero-order valence-electron chi connectivity index (χ0n) is 7.69. The first kappa shape index (κ1) is 10.0. The Morgan fingerprint density at radius 2 is 2.13 bits per heavy atom. The molecule has 1 aliphatic heterocycles. The minimum absolute atomic E-state index is 0.0191. The number of hydrogen-bond acceptors (Lipinski definition) is 5. The minimum atomic E-state index is -3.19. The fraction of sp³-hybridized carbons (Fsp3) is 0.375. The van der Waals surface area contributed by atoms with Crippen LogP contribution >= 0.6 is 0 Å². The van der Waals surface area contributed by atoms with Crippen LogP contribution in [0.3, 0.4) is 0 Å². The number of hydrogen-bond donors (Lipinski definition) is 1. The summed E-state index contributed by atoms with van der Waals surface area (Å²) >= 11 is 0. The molecule has 0 amide bonds. The van der Waals surface area contributed by atoms with E-state index in [4.69, 9.17) is 0 Å². The molecule has 0 atom stereocenters. The number of carbonyl (C=O) groups is 1. The van der Waals surface area contributed by atoms with Gasteiger partial charge in [-0.2, -0.15) is 0 Å². The fourth-order valence-corrected chi connectivity index (χ4v) is 2.91. The molecule has 1 aromatic rings. The summed E-state index contributed by atoms with van der Waals surface area (Å²) in [5, 5.41) is 0. The topological polar surface area (TPSA) is 97.0 Å². The maximum atomic E-state index is 11.4. The molecule has 2 rings (SSSR count). The number of sulfone groups is 1. The lowest BCUT2D eigenvalue weighted by Gasteiger charge is -2.13. The molecule has 2 heterocycles. The van der Waals surface area contributed by atoms with E-state index in [1.165, 1.54) is 0 Å². The lowest BCUT2D eigenvalue weighted by Crippen LogP contribution is -2.29. The Balaban J connectivity index is 2.63. The Kier molecular flexibility index (Phi) is 2.18. The summed E-state index contributed by atoms with van der Waals surface area (Å²) in [6.45, 7) is 0. The van der Waals surface area contributed by atoms with Crippen molar-refractivity contribution in [2.75, 3.05) is 5.75 Å². The van der Waals surface area contributed by atoms with Gasteiger partial charge < -0.3 is 4.98 Å². The Labute approximate surface area is 85.3 Å². The van der Waals surface area contributed by atoms with Crippen molar-refractivity contribution in [1.82, 2.24) is 9.97 Å². The van der Waals surface area contributed by atoms with Crippen LogP contribution in [0.25, 0.3) is 0 Å². The van der Waals surface area contributed by atoms with E-state index >= 15 is 0 Å². The molecule has 0 unspecified atom stereocenters. The molecule has 6 nitrogen and oxygen atoms in total. The van der Waals surface area contributed by atoms with Gasteiger partial charge in [0, 0.05) is 6.42 Å². The van der Waals surface area contributed by atoms with Crippen molar-refractivity contribution in [2.45, 2.75) is 12.2 Å². The number of rotatable bonds is 1. The van der Waals surface area contributed by atoms with Crippen LogP contribution < -0.4 is 5.56 Å². The average Bonchev–Trinajstić information content (AvgIpc) is 2.18. The van der Waals surface area contributed by atoms with E-state index in [-0.39, 0.29) is 29.3 Å². The summed E-state index contributed by atoms with van der Waals surface area (Å²) in [7, 11) is -3.19. The van der Waals surface area contributed by atoms with Gasteiger partial charge in [0.15, 0.2) is 21.9 Å². The molecule has 1 aromatic heterocycles. The van der Waals surface area contributed by atoms with E-state index in [1.807, 2.05) is 0 Å². The van der Waals surface area contributed by atoms with Crippen molar-refractivity contribution in [2.24, 2.45) is 0 Å². The highest BCUT2D eigenvalue weighted by Crippen LogP contribution is 2.14. The molecule has 0 fully saturated rings. The fourth-order valence-electron chi connectivity index (χ4n) is 1.52. The SMILES string of the molecule is O=Cc1nc2c(c(=O)[nH]1)CS(=O)(=O)CC2. The van der Waals surface area contributed by atoms with Crippen LogP contribution in [0.4, 0.5) is 0 Å². The molecule has 0 aliphatic carbocycles. The molecule has 1 N–H and O–H groups in total. The normalized spacial score (nSPS) is 18.1. The summed E-state index contributed by atoms with van der Waals surface area (Å²) in [6.07, 6.45) is 0.632. The second-order valence-electron chi connectivity index (χ2n) is 3.34. The highest BCUT2D eigenvalue weighted by molar-refractivity contribution is 7.90. The molecule has 1 aliphatic rings. The van der Waals surface area contributed by atoms with E-state index in [1.54, 1.807) is 0 Å². The van der Waals surface area contributed by atoms with Crippen molar-refractivity contribution in [3.8, 4) is 0 Å². The maximum Gasteiger partial charge on any atom is 0.255 e. The molecule has 0 saturated heterocycles. The van der Waals surface area contributed by atoms with Crippen LogP contribution in [0, 0.1) is 0 Å². The Morgan fingerprint density at radius 1 is 1.40 bits per heavy atom. The second-order valence-corrected chi connectivity index (χ2v) is 5.52. The van der Waals surface area contributed by atoms with Crippen LogP contribution in [-0.4, -0.2) is 30.4 Å². The van der Waals surface area contributed by atoms with Gasteiger partial charge in [0.1, 0.15) is 0 Å². The predicted molar refractivity (Wildman–Crippen MR) is 51.4 cm³/mol. The standard InChI is InChI=1S/C8H8N2O4S/c11-3-7-9-6-1-2-15(13,14)4-5(6)8(12)10-7/h3H,1-2,4H2,(H,9,10,12). The zero-order valence-corrected chi connectivity index (χ0v) is 8.50. The molecule has 80 valence electrons. The van der Waals surface area contributed by atoms with Gasteiger partial charge in [0.25, 0.3) is 5.56 Å². The second kappa shape index (κ2) is 3.27. The van der Waals surface area contributed by atoms with Crippen LogP contribution in [-0.2, 0) is 22.0 Å². The first-order chi connectivity index (χ1) is 7.02. The zero-order chi connectivity index (χ0) is 11.1. The van der Waals surface area contributed by atoms with Gasteiger partial charge in [0.2, 0.25) is 0 Å². The Hall–Kier alpha value is -1.50. The van der Waals surface area contributed by atoms with E-state index in [0.717, 1.165) is 0 Å². The third kappa shape index (κ3) is 1.82. The lowest BCUT2D eigenvalue weighted by molar-refractivity contribution is 0.111. The van der Waals surface area contributed by atoms with Crippen molar-refractivity contribution in [3.63, 3.8) is 0 Å². The average molecular weight is 228 g/mol. The number of nitrogens with one attached hydrogen (secondary N) is 1. The van der Waals surface area contributed by atoms with Crippen LogP contribution in [0.1, 0.15) is 21.9 Å². The van der Waals surface area contributed by atoms with E-state index in [0.29, 0.717) is 12.0 Å². The van der Waals surface area contributed by atoms with Gasteiger partial charge in [-0.25, -0.2) is 13.4 Å². The number of nitrogens with zero attached hydrogens (tertiary/aromatic N) is 1. The molecule has 0 aromatic carbocycles. The molecule has 0 bridgehead atoms. The maximum absolute atomic E-state index is 11.4. The van der Waals surface area contributed by atoms with Gasteiger partial charge in [0.05, 0.1) is 22.8 Å². The van der Waals surface area contributed by atoms with Gasteiger partial charge >= 0.3 is 0 Å². The molecule has 7 heteroatoms. The highest BCUT2D eigenvalue weighted by Gasteiger charge is 2.25. The molecule has 15 heavy (non-hydrogen) atoms. The molecular weight excluding hydrogens is 220 g/mol. The number of H-pyrrole nitrogens is 1. The highest BCUT2D eigenvalue weighted by atomic mass is 32.2. The summed E-state index contributed by atoms with van der Waals surface area (Å²) in [4.78, 5) is 27.9. The van der Waals surface area contributed by atoms with Crippen molar-refractivity contribution in [3.05, 3.63) is 27.4 Å². The van der Waals surface area contributed by atoms with E-state index in [2.05, 4.69) is 9.97 Å². The molecule has 0 spiro atoms. The lowest BCUT2D eigenvalue weighted by atomic mass is 10.2. The van der Waals surface area contributed by atoms with Crippen LogP contribution in [0.2, 0.25) is 0 Å². The quantitative estimate of drug-likeness (QED) is 0.625. The summed E-state index contributed by atoms with van der Waals surface area (Å²) < 4.78 is 22.5. The van der Waals surface area contributed by atoms with E-state index < -0.39 is 15.4 Å². The molecule has 0 radical (unpaired) electrons.